The number of hydrogen-bond acceptors (Lipinski definition) is 3. The van der Waals surface area contributed by atoms with Gasteiger partial charge in [-0.1, -0.05) is 19.8 Å². The first-order valence-electron chi connectivity index (χ1n) is 8.14. The van der Waals surface area contributed by atoms with Gasteiger partial charge in [-0.05, 0) is 53.1 Å². The van der Waals surface area contributed by atoms with Gasteiger partial charge in [-0.2, -0.15) is 0 Å². The van der Waals surface area contributed by atoms with E-state index in [1.165, 1.54) is 25.7 Å². The maximum absolute atomic E-state index is 12.9. The van der Waals surface area contributed by atoms with Gasteiger partial charge >= 0.3 is 0 Å². The zero-order chi connectivity index (χ0) is 14.9. The molecule has 3 unspecified atom stereocenters. The van der Waals surface area contributed by atoms with Gasteiger partial charge in [0.25, 0.3) is 0 Å². The van der Waals surface area contributed by atoms with Crippen LogP contribution in [0.25, 0.3) is 0 Å². The first-order valence-corrected chi connectivity index (χ1v) is 8.14. The number of nitrogens with one attached hydrogen (secondary N) is 1. The quantitative estimate of drug-likeness (QED) is 0.838. The summed E-state index contributed by atoms with van der Waals surface area (Å²) in [5.74, 6) is 0.934. The maximum Gasteiger partial charge on any atom is 0.244 e. The van der Waals surface area contributed by atoms with E-state index in [4.69, 9.17) is 0 Å². The van der Waals surface area contributed by atoms with Crippen LogP contribution in [-0.4, -0.2) is 54.1 Å². The topological polar surface area (TPSA) is 35.6 Å². The molecule has 0 aromatic rings. The molecule has 3 atom stereocenters. The molecule has 0 radical (unpaired) electrons. The SMILES string of the molecule is CCC1(C)NC(C2CCCC2)N(C(C)CN(C)C)C1=O. The van der Waals surface area contributed by atoms with Crippen molar-refractivity contribution in [3.05, 3.63) is 0 Å². The fraction of sp³-hybridized carbons (Fsp3) is 0.938. The molecule has 1 saturated carbocycles. The van der Waals surface area contributed by atoms with Crippen LogP contribution < -0.4 is 5.32 Å². The zero-order valence-corrected chi connectivity index (χ0v) is 13.8. The lowest BCUT2D eigenvalue weighted by Crippen LogP contribution is -2.50. The molecule has 0 bridgehead atoms. The molecular formula is C16H31N3O. The average Bonchev–Trinajstić information content (AvgIpc) is 2.97. The molecule has 2 rings (SSSR count). The number of nitrogens with zero attached hydrogens (tertiary/aromatic N) is 2. The second kappa shape index (κ2) is 6.02. The van der Waals surface area contributed by atoms with E-state index in [-0.39, 0.29) is 17.7 Å². The van der Waals surface area contributed by atoms with E-state index < -0.39 is 0 Å². The Kier molecular flexibility index (Phi) is 4.75. The lowest BCUT2D eigenvalue weighted by atomic mass is 9.99. The molecule has 1 aliphatic carbocycles. The molecule has 0 spiro atoms. The summed E-state index contributed by atoms with van der Waals surface area (Å²) < 4.78 is 0. The first-order chi connectivity index (χ1) is 9.39. The highest BCUT2D eigenvalue weighted by Gasteiger charge is 2.50. The standard InChI is InChI=1S/C16H31N3O/c1-6-16(3)15(20)19(12(2)11-18(4)5)14(17-16)13-9-7-8-10-13/h12-14,17H,6-11H2,1-5H3. The Morgan fingerprint density at radius 3 is 2.50 bits per heavy atom. The number of amides is 1. The molecule has 0 aromatic heterocycles. The third-order valence-electron chi connectivity index (χ3n) is 5.13. The van der Waals surface area contributed by atoms with Gasteiger partial charge in [0, 0.05) is 12.6 Å². The van der Waals surface area contributed by atoms with Crippen LogP contribution in [0.4, 0.5) is 0 Å². The summed E-state index contributed by atoms with van der Waals surface area (Å²) in [4.78, 5) is 17.2. The Morgan fingerprint density at radius 2 is 2.00 bits per heavy atom. The molecule has 4 heteroatoms. The van der Waals surface area contributed by atoms with E-state index in [1.54, 1.807) is 0 Å². The van der Waals surface area contributed by atoms with Crippen molar-refractivity contribution in [2.45, 2.75) is 70.6 Å². The van der Waals surface area contributed by atoms with Crippen molar-refractivity contribution >= 4 is 5.91 Å². The van der Waals surface area contributed by atoms with Crippen molar-refractivity contribution in [2.75, 3.05) is 20.6 Å². The van der Waals surface area contributed by atoms with Crippen molar-refractivity contribution in [3.63, 3.8) is 0 Å². The smallest absolute Gasteiger partial charge is 0.244 e. The summed E-state index contributed by atoms with van der Waals surface area (Å²) in [7, 11) is 4.15. The number of rotatable bonds is 5. The van der Waals surface area contributed by atoms with E-state index in [9.17, 15) is 4.79 Å². The highest BCUT2D eigenvalue weighted by Crippen LogP contribution is 2.36. The minimum Gasteiger partial charge on any atom is -0.321 e. The Hall–Kier alpha value is -0.610. The fourth-order valence-corrected chi connectivity index (χ4v) is 3.83. The van der Waals surface area contributed by atoms with Crippen LogP contribution in [0.1, 0.15) is 52.9 Å². The van der Waals surface area contributed by atoms with Gasteiger partial charge in [-0.15, -0.1) is 0 Å². The molecular weight excluding hydrogens is 250 g/mol. The molecule has 2 fully saturated rings. The number of hydrogen-bond donors (Lipinski definition) is 1. The van der Waals surface area contributed by atoms with Gasteiger partial charge in [0.2, 0.25) is 5.91 Å². The minimum absolute atomic E-state index is 0.241. The first kappa shape index (κ1) is 15.8. The van der Waals surface area contributed by atoms with Crippen molar-refractivity contribution in [1.82, 2.24) is 15.1 Å². The van der Waals surface area contributed by atoms with Crippen molar-refractivity contribution in [1.29, 1.82) is 0 Å². The van der Waals surface area contributed by atoms with E-state index in [1.807, 2.05) is 0 Å². The number of likely N-dealkylation sites (N-methyl/N-ethyl adjacent to an activating group) is 1. The van der Waals surface area contributed by atoms with E-state index >= 15 is 0 Å². The highest BCUT2D eigenvalue weighted by atomic mass is 16.2. The third kappa shape index (κ3) is 2.86. The van der Waals surface area contributed by atoms with Crippen LogP contribution in [-0.2, 0) is 4.79 Å². The van der Waals surface area contributed by atoms with Crippen LogP contribution in [0, 0.1) is 5.92 Å². The third-order valence-corrected chi connectivity index (χ3v) is 5.13. The Bertz CT molecular complexity index is 352. The normalized spacial score (nSPS) is 33.4. The summed E-state index contributed by atoms with van der Waals surface area (Å²) >= 11 is 0. The van der Waals surface area contributed by atoms with Crippen LogP contribution in [0.15, 0.2) is 0 Å². The van der Waals surface area contributed by atoms with Crippen LogP contribution in [0.5, 0.6) is 0 Å². The molecule has 1 N–H and O–H groups in total. The zero-order valence-electron chi connectivity index (χ0n) is 13.8. The average molecular weight is 281 g/mol. The lowest BCUT2D eigenvalue weighted by molar-refractivity contribution is -0.135. The predicted octanol–water partition coefficient (Wildman–Crippen LogP) is 2.05. The largest absolute Gasteiger partial charge is 0.321 e. The molecule has 2 aliphatic rings. The van der Waals surface area contributed by atoms with E-state index in [0.29, 0.717) is 11.8 Å². The van der Waals surface area contributed by atoms with Crippen LogP contribution >= 0.6 is 0 Å². The summed E-state index contributed by atoms with van der Waals surface area (Å²) in [6, 6.07) is 0.268. The van der Waals surface area contributed by atoms with E-state index in [0.717, 1.165) is 13.0 Å². The lowest BCUT2D eigenvalue weighted by Gasteiger charge is -2.35. The number of carbonyl (C=O) groups is 1. The summed E-state index contributed by atoms with van der Waals surface area (Å²) in [6.07, 6.45) is 6.25. The van der Waals surface area contributed by atoms with Gasteiger partial charge in [-0.3, -0.25) is 10.1 Å². The van der Waals surface area contributed by atoms with Gasteiger partial charge in [0.05, 0.1) is 11.7 Å². The summed E-state index contributed by atoms with van der Waals surface area (Å²) in [6.45, 7) is 7.29. The maximum atomic E-state index is 12.9. The summed E-state index contributed by atoms with van der Waals surface area (Å²) in [5.41, 5.74) is -0.367. The fourth-order valence-electron chi connectivity index (χ4n) is 3.83. The van der Waals surface area contributed by atoms with Crippen LogP contribution in [0.2, 0.25) is 0 Å². The number of carbonyl (C=O) groups excluding carboxylic acids is 1. The molecule has 1 heterocycles. The van der Waals surface area contributed by atoms with Gasteiger partial charge in [0.1, 0.15) is 0 Å². The van der Waals surface area contributed by atoms with Crippen LogP contribution in [0.3, 0.4) is 0 Å². The molecule has 0 aromatic carbocycles. The Labute approximate surface area is 123 Å². The monoisotopic (exact) mass is 281 g/mol. The Morgan fingerprint density at radius 1 is 1.40 bits per heavy atom. The van der Waals surface area contributed by atoms with Gasteiger partial charge in [0.15, 0.2) is 0 Å². The minimum atomic E-state index is -0.367. The molecule has 1 saturated heterocycles. The van der Waals surface area contributed by atoms with E-state index in [2.05, 4.69) is 50.0 Å². The van der Waals surface area contributed by atoms with Crippen molar-refractivity contribution < 1.29 is 4.79 Å². The molecule has 20 heavy (non-hydrogen) atoms. The molecule has 4 nitrogen and oxygen atoms in total. The molecule has 1 aliphatic heterocycles. The van der Waals surface area contributed by atoms with Crippen molar-refractivity contribution in [3.8, 4) is 0 Å². The van der Waals surface area contributed by atoms with Gasteiger partial charge in [-0.25, -0.2) is 0 Å². The second-order valence-electron chi connectivity index (χ2n) is 7.14. The molecule has 1 amide bonds. The predicted molar refractivity (Wildman–Crippen MR) is 82.4 cm³/mol. The Balaban J connectivity index is 2.20. The highest BCUT2D eigenvalue weighted by molar-refractivity contribution is 5.88. The van der Waals surface area contributed by atoms with Gasteiger partial charge < -0.3 is 9.80 Å². The summed E-state index contributed by atoms with van der Waals surface area (Å²) in [5, 5.41) is 3.67. The molecule has 116 valence electrons. The second-order valence-corrected chi connectivity index (χ2v) is 7.14. The van der Waals surface area contributed by atoms with Crippen molar-refractivity contribution in [2.24, 2.45) is 5.92 Å².